The predicted molar refractivity (Wildman–Crippen MR) is 70.9 cm³/mol. The predicted octanol–water partition coefficient (Wildman–Crippen LogP) is 2.92. The average molecular weight is 251 g/mol. The third-order valence-electron chi connectivity index (χ3n) is 2.89. The lowest BCUT2D eigenvalue weighted by Crippen LogP contribution is -2.22. The molecule has 2 N–H and O–H groups in total. The molecule has 4 heteroatoms. The summed E-state index contributed by atoms with van der Waals surface area (Å²) < 4.78 is 0. The van der Waals surface area contributed by atoms with Gasteiger partial charge in [0.05, 0.1) is 12.1 Å². The number of hydrogen-bond donors (Lipinski definition) is 2. The lowest BCUT2D eigenvalue weighted by Gasteiger charge is -2.02. The fourth-order valence-corrected chi connectivity index (χ4v) is 2.04. The third kappa shape index (κ3) is 2.21. The first kappa shape index (κ1) is 12.1. The van der Waals surface area contributed by atoms with Crippen molar-refractivity contribution in [3.05, 3.63) is 34.5 Å². The minimum absolute atomic E-state index is 0.0971. The highest BCUT2D eigenvalue weighted by molar-refractivity contribution is 6.32. The van der Waals surface area contributed by atoms with E-state index < -0.39 is 0 Å². The van der Waals surface area contributed by atoms with Crippen LogP contribution in [0, 0.1) is 6.92 Å². The van der Waals surface area contributed by atoms with E-state index in [0.29, 0.717) is 11.6 Å². The van der Waals surface area contributed by atoms with Gasteiger partial charge in [-0.25, -0.2) is 0 Å². The van der Waals surface area contributed by atoms with Crippen LogP contribution >= 0.6 is 11.6 Å². The second kappa shape index (κ2) is 4.90. The first-order chi connectivity index (χ1) is 8.15. The van der Waals surface area contributed by atoms with Crippen molar-refractivity contribution >= 4 is 28.3 Å². The number of benzene rings is 1. The molecule has 0 atom stereocenters. The number of Topliss-reactive ketones (excluding diaryl/α,β-unsaturated/α-hetero) is 1. The van der Waals surface area contributed by atoms with Crippen molar-refractivity contribution in [3.63, 3.8) is 0 Å². The minimum Gasteiger partial charge on any atom is -0.360 e. The monoisotopic (exact) mass is 250 g/mol. The summed E-state index contributed by atoms with van der Waals surface area (Å²) in [5.41, 5.74) is 2.64. The Morgan fingerprint density at radius 3 is 2.94 bits per heavy atom. The zero-order chi connectivity index (χ0) is 12.4. The van der Waals surface area contributed by atoms with Gasteiger partial charge in [0.2, 0.25) is 0 Å². The second-order valence-corrected chi connectivity index (χ2v) is 4.41. The summed E-state index contributed by atoms with van der Waals surface area (Å²) in [4.78, 5) is 15.1. The number of ketones is 1. The molecule has 0 radical (unpaired) electrons. The number of hydrogen-bond acceptors (Lipinski definition) is 2. The highest BCUT2D eigenvalue weighted by Crippen LogP contribution is 2.27. The van der Waals surface area contributed by atoms with Crippen LogP contribution < -0.4 is 5.32 Å². The van der Waals surface area contributed by atoms with E-state index in [1.807, 2.05) is 26.0 Å². The molecule has 90 valence electrons. The van der Waals surface area contributed by atoms with Crippen molar-refractivity contribution in [1.82, 2.24) is 10.3 Å². The summed E-state index contributed by atoms with van der Waals surface area (Å²) in [7, 11) is 0. The van der Waals surface area contributed by atoms with Crippen LogP contribution in [0.15, 0.2) is 18.3 Å². The van der Waals surface area contributed by atoms with Crippen LogP contribution in [0.4, 0.5) is 0 Å². The van der Waals surface area contributed by atoms with Crippen molar-refractivity contribution < 1.29 is 4.79 Å². The van der Waals surface area contributed by atoms with E-state index in [-0.39, 0.29) is 5.78 Å². The Balaban J connectivity index is 2.43. The van der Waals surface area contributed by atoms with E-state index in [1.165, 1.54) is 0 Å². The van der Waals surface area contributed by atoms with Gasteiger partial charge in [0, 0.05) is 22.2 Å². The largest absolute Gasteiger partial charge is 0.360 e. The van der Waals surface area contributed by atoms with Gasteiger partial charge >= 0.3 is 0 Å². The molecule has 3 nitrogen and oxygen atoms in total. The zero-order valence-electron chi connectivity index (χ0n) is 9.93. The van der Waals surface area contributed by atoms with Crippen LogP contribution in [0.2, 0.25) is 5.02 Å². The summed E-state index contributed by atoms with van der Waals surface area (Å²) in [5, 5.41) is 4.69. The van der Waals surface area contributed by atoms with Crippen molar-refractivity contribution in [2.45, 2.75) is 13.8 Å². The number of rotatable bonds is 4. The first-order valence-corrected chi connectivity index (χ1v) is 6.03. The molecule has 1 aromatic carbocycles. The molecule has 0 fully saturated rings. The second-order valence-electron chi connectivity index (χ2n) is 4.00. The summed E-state index contributed by atoms with van der Waals surface area (Å²) >= 11 is 6.04. The Kier molecular flexibility index (Phi) is 3.50. The van der Waals surface area contributed by atoms with E-state index in [2.05, 4.69) is 10.3 Å². The molecule has 0 aliphatic carbocycles. The molecule has 0 amide bonds. The molecule has 0 aliphatic rings. The Hall–Kier alpha value is -1.32. The van der Waals surface area contributed by atoms with Gasteiger partial charge in [-0.1, -0.05) is 24.6 Å². The van der Waals surface area contributed by atoms with Gasteiger partial charge in [-0.15, -0.1) is 0 Å². The van der Waals surface area contributed by atoms with Crippen LogP contribution in [-0.2, 0) is 0 Å². The fraction of sp³-hybridized carbons (Fsp3) is 0.308. The lowest BCUT2D eigenvalue weighted by molar-refractivity contribution is 0.0993. The molecule has 1 heterocycles. The van der Waals surface area contributed by atoms with Crippen LogP contribution in [-0.4, -0.2) is 23.9 Å². The highest BCUT2D eigenvalue weighted by Gasteiger charge is 2.13. The number of halogens is 1. The minimum atomic E-state index is 0.0971. The molecular formula is C13H15ClN2O. The number of H-pyrrole nitrogens is 1. The fourth-order valence-electron chi connectivity index (χ4n) is 1.88. The van der Waals surface area contributed by atoms with Crippen molar-refractivity contribution in [1.29, 1.82) is 0 Å². The van der Waals surface area contributed by atoms with Gasteiger partial charge < -0.3 is 10.3 Å². The number of fused-ring (bicyclic) bond motifs is 1. The molecule has 0 saturated heterocycles. The van der Waals surface area contributed by atoms with E-state index >= 15 is 0 Å². The summed E-state index contributed by atoms with van der Waals surface area (Å²) in [6, 6.07) is 3.72. The number of aromatic nitrogens is 1. The molecule has 0 spiro atoms. The maximum atomic E-state index is 12.0. The van der Waals surface area contributed by atoms with Crippen LogP contribution in [0.5, 0.6) is 0 Å². The number of likely N-dealkylation sites (N-methyl/N-ethyl adjacent to an activating group) is 1. The molecule has 1 aromatic heterocycles. The smallest absolute Gasteiger partial charge is 0.178 e. The van der Waals surface area contributed by atoms with E-state index in [1.54, 1.807) is 6.20 Å². The standard InChI is InChI=1S/C13H15ClN2O/c1-3-15-7-12(17)10-6-16-13-8(2)11(14)5-4-9(10)13/h4-6,15-16H,3,7H2,1-2H3. The highest BCUT2D eigenvalue weighted by atomic mass is 35.5. The Morgan fingerprint density at radius 1 is 1.47 bits per heavy atom. The van der Waals surface area contributed by atoms with E-state index in [9.17, 15) is 4.79 Å². The first-order valence-electron chi connectivity index (χ1n) is 5.65. The van der Waals surface area contributed by atoms with Crippen molar-refractivity contribution in [2.75, 3.05) is 13.1 Å². The molecule has 0 aliphatic heterocycles. The van der Waals surface area contributed by atoms with Crippen LogP contribution in [0.3, 0.4) is 0 Å². The molecular weight excluding hydrogens is 236 g/mol. The summed E-state index contributed by atoms with van der Waals surface area (Å²) in [6.45, 7) is 5.08. The molecule has 0 unspecified atom stereocenters. The Labute approximate surface area is 105 Å². The van der Waals surface area contributed by atoms with Crippen LogP contribution in [0.25, 0.3) is 10.9 Å². The number of aromatic amines is 1. The molecule has 0 bridgehead atoms. The SMILES string of the molecule is CCNCC(=O)c1c[nH]c2c(C)c(Cl)ccc12. The van der Waals surface area contributed by atoms with Gasteiger partial charge in [-0.2, -0.15) is 0 Å². The maximum absolute atomic E-state index is 12.0. The van der Waals surface area contributed by atoms with Gasteiger partial charge in [0.1, 0.15) is 0 Å². The zero-order valence-corrected chi connectivity index (χ0v) is 10.7. The average Bonchev–Trinajstić information content (AvgIpc) is 2.75. The van der Waals surface area contributed by atoms with Crippen LogP contribution in [0.1, 0.15) is 22.8 Å². The van der Waals surface area contributed by atoms with E-state index in [4.69, 9.17) is 11.6 Å². The summed E-state index contributed by atoms with van der Waals surface area (Å²) in [6.07, 6.45) is 1.76. The normalized spacial score (nSPS) is 11.0. The topological polar surface area (TPSA) is 44.9 Å². The van der Waals surface area contributed by atoms with Gasteiger partial charge in [0.25, 0.3) is 0 Å². The Bertz CT molecular complexity index is 560. The molecule has 2 aromatic rings. The third-order valence-corrected chi connectivity index (χ3v) is 3.30. The Morgan fingerprint density at radius 2 is 2.24 bits per heavy atom. The number of nitrogens with one attached hydrogen (secondary N) is 2. The number of carbonyl (C=O) groups excluding carboxylic acids is 1. The summed E-state index contributed by atoms with van der Waals surface area (Å²) in [5.74, 6) is 0.0971. The maximum Gasteiger partial charge on any atom is 0.178 e. The van der Waals surface area contributed by atoms with Gasteiger partial charge in [0.15, 0.2) is 5.78 Å². The van der Waals surface area contributed by atoms with Crippen molar-refractivity contribution in [3.8, 4) is 0 Å². The van der Waals surface area contributed by atoms with E-state index in [0.717, 1.165) is 28.6 Å². The van der Waals surface area contributed by atoms with Gasteiger partial charge in [-0.3, -0.25) is 4.79 Å². The number of aryl methyl sites for hydroxylation is 1. The number of carbonyl (C=O) groups is 1. The molecule has 17 heavy (non-hydrogen) atoms. The van der Waals surface area contributed by atoms with Gasteiger partial charge in [-0.05, 0) is 25.1 Å². The molecule has 0 saturated carbocycles. The quantitative estimate of drug-likeness (QED) is 0.820. The lowest BCUT2D eigenvalue weighted by atomic mass is 10.1. The van der Waals surface area contributed by atoms with Crippen molar-refractivity contribution in [2.24, 2.45) is 0 Å². The molecule has 2 rings (SSSR count).